The van der Waals surface area contributed by atoms with Crippen LogP contribution in [0.4, 0.5) is 27.8 Å². The first kappa shape index (κ1) is 32.5. The highest BCUT2D eigenvalue weighted by Crippen LogP contribution is 2.42. The van der Waals surface area contributed by atoms with Gasteiger partial charge in [0.25, 0.3) is 5.56 Å². The molecule has 2 aromatic carbocycles. The average Bonchev–Trinajstić information content (AvgIpc) is 3.72. The third kappa shape index (κ3) is 5.73. The lowest BCUT2D eigenvalue weighted by atomic mass is 9.92. The standard InChI is InChI=1S/C34H30F5N5O2S2/c1-19-22(15-23-24(34(37,38)39)6-4-7-25(23)35)33-44(32(45)28(19)21-5-3-8-27(46-2)29(21)36)20(17-48-33)16-42-10-12-43(13-11-42)31-30-26(9-14-47-30)40-18-41-31/h3-9,14,18,20H,10-13,15-17H2,1-2H3. The van der Waals surface area contributed by atoms with Crippen molar-refractivity contribution in [3.05, 3.63) is 98.4 Å². The SMILES string of the molecule is COc1cccc(-c2c(C)c(Cc3c(F)cccc3C(F)(F)F)c3n(c2=O)C(CN2CCN(c4ncnc5ccsc45)CC2)CS3)c1F. The molecule has 3 aromatic heterocycles. The third-order valence-electron chi connectivity index (χ3n) is 9.11. The van der Waals surface area contributed by atoms with Crippen molar-refractivity contribution in [2.24, 2.45) is 0 Å². The fourth-order valence-electron chi connectivity index (χ4n) is 6.71. The van der Waals surface area contributed by atoms with Gasteiger partial charge in [-0.25, -0.2) is 18.7 Å². The summed E-state index contributed by atoms with van der Waals surface area (Å²) in [6.45, 7) is 4.90. The molecule has 0 bridgehead atoms. The summed E-state index contributed by atoms with van der Waals surface area (Å²) in [5, 5.41) is 2.47. The molecule has 7 rings (SSSR count). The van der Waals surface area contributed by atoms with Crippen molar-refractivity contribution in [2.75, 3.05) is 50.5 Å². The second kappa shape index (κ2) is 12.8. The third-order valence-corrected chi connectivity index (χ3v) is 11.3. The minimum atomic E-state index is -4.79. The van der Waals surface area contributed by atoms with Gasteiger partial charge in [0.1, 0.15) is 18.0 Å². The molecule has 0 radical (unpaired) electrons. The number of thiophene rings is 1. The molecule has 48 heavy (non-hydrogen) atoms. The van der Waals surface area contributed by atoms with Crippen LogP contribution in [-0.2, 0) is 12.6 Å². The van der Waals surface area contributed by atoms with Crippen LogP contribution < -0.4 is 15.2 Å². The van der Waals surface area contributed by atoms with Gasteiger partial charge in [0.15, 0.2) is 11.6 Å². The number of piperazine rings is 1. The van der Waals surface area contributed by atoms with Crippen LogP contribution in [0, 0.1) is 18.6 Å². The van der Waals surface area contributed by atoms with Gasteiger partial charge in [0, 0.05) is 56.0 Å². The highest BCUT2D eigenvalue weighted by molar-refractivity contribution is 7.99. The van der Waals surface area contributed by atoms with Crippen molar-refractivity contribution >= 4 is 39.1 Å². The number of thioether (sulfide) groups is 1. The minimum absolute atomic E-state index is 0.0213. The highest BCUT2D eigenvalue weighted by Gasteiger charge is 2.37. The lowest BCUT2D eigenvalue weighted by Gasteiger charge is -2.36. The van der Waals surface area contributed by atoms with Gasteiger partial charge in [0.2, 0.25) is 0 Å². The summed E-state index contributed by atoms with van der Waals surface area (Å²) in [5.41, 5.74) is -0.470. The number of pyridine rings is 1. The largest absolute Gasteiger partial charge is 0.494 e. The molecule has 14 heteroatoms. The molecule has 1 unspecified atom stereocenters. The molecule has 250 valence electrons. The van der Waals surface area contributed by atoms with Gasteiger partial charge in [0.05, 0.1) is 39.5 Å². The van der Waals surface area contributed by atoms with E-state index in [-0.39, 0.29) is 22.9 Å². The van der Waals surface area contributed by atoms with E-state index in [1.54, 1.807) is 35.2 Å². The summed E-state index contributed by atoms with van der Waals surface area (Å²) in [6, 6.07) is 8.94. The lowest BCUT2D eigenvalue weighted by molar-refractivity contribution is -0.138. The highest BCUT2D eigenvalue weighted by atomic mass is 32.2. The molecular formula is C34H30F5N5O2S2. The van der Waals surface area contributed by atoms with E-state index in [9.17, 15) is 18.0 Å². The molecule has 0 spiro atoms. The molecule has 5 aromatic rings. The molecular weight excluding hydrogens is 670 g/mol. The van der Waals surface area contributed by atoms with Crippen molar-refractivity contribution in [2.45, 2.75) is 30.6 Å². The quantitative estimate of drug-likeness (QED) is 0.167. The van der Waals surface area contributed by atoms with E-state index in [1.165, 1.54) is 31.0 Å². The average molecular weight is 700 g/mol. The Labute approximate surface area is 281 Å². The molecule has 0 aliphatic carbocycles. The fourth-order valence-corrected chi connectivity index (χ4v) is 8.95. The predicted octanol–water partition coefficient (Wildman–Crippen LogP) is 7.19. The summed E-state index contributed by atoms with van der Waals surface area (Å²) in [7, 11) is 1.31. The maximum absolute atomic E-state index is 15.7. The summed E-state index contributed by atoms with van der Waals surface area (Å²) in [6.07, 6.45) is -3.64. The van der Waals surface area contributed by atoms with Gasteiger partial charge < -0.3 is 9.64 Å². The first-order valence-corrected chi connectivity index (χ1v) is 17.2. The van der Waals surface area contributed by atoms with Gasteiger partial charge in [-0.05, 0) is 47.7 Å². The number of anilines is 1. The zero-order valence-electron chi connectivity index (χ0n) is 26.0. The Hall–Kier alpha value is -4.01. The molecule has 0 amide bonds. The Kier molecular flexibility index (Phi) is 8.67. The second-order valence-corrected chi connectivity index (χ2v) is 13.7. The smallest absolute Gasteiger partial charge is 0.416 e. The second-order valence-electron chi connectivity index (χ2n) is 11.8. The summed E-state index contributed by atoms with van der Waals surface area (Å²) >= 11 is 2.96. The first-order valence-electron chi connectivity index (χ1n) is 15.3. The normalized spacial score (nSPS) is 16.9. The zero-order chi connectivity index (χ0) is 33.7. The molecule has 2 aliphatic rings. The maximum Gasteiger partial charge on any atom is 0.416 e. The number of nitrogens with zero attached hydrogens (tertiary/aromatic N) is 5. The van der Waals surface area contributed by atoms with E-state index in [4.69, 9.17) is 4.74 Å². The molecule has 1 atom stereocenters. The Bertz CT molecular complexity index is 2070. The van der Waals surface area contributed by atoms with E-state index in [2.05, 4.69) is 19.8 Å². The number of ether oxygens (including phenoxy) is 1. The van der Waals surface area contributed by atoms with Crippen molar-refractivity contribution in [1.82, 2.24) is 19.4 Å². The first-order chi connectivity index (χ1) is 23.1. The van der Waals surface area contributed by atoms with Crippen molar-refractivity contribution in [3.8, 4) is 16.9 Å². The molecule has 0 saturated carbocycles. The van der Waals surface area contributed by atoms with Gasteiger partial charge in [-0.2, -0.15) is 13.2 Å². The number of hydrogen-bond acceptors (Lipinski definition) is 8. The van der Waals surface area contributed by atoms with Crippen molar-refractivity contribution in [3.63, 3.8) is 0 Å². The van der Waals surface area contributed by atoms with Crippen LogP contribution in [-0.4, -0.2) is 65.0 Å². The van der Waals surface area contributed by atoms with Crippen molar-refractivity contribution in [1.29, 1.82) is 0 Å². The van der Waals surface area contributed by atoms with Crippen molar-refractivity contribution < 1.29 is 26.7 Å². The predicted molar refractivity (Wildman–Crippen MR) is 177 cm³/mol. The fraction of sp³-hybridized carbons (Fsp3) is 0.324. The number of alkyl halides is 3. The van der Waals surface area contributed by atoms with Crippen LogP contribution in [0.1, 0.15) is 28.3 Å². The van der Waals surface area contributed by atoms with Gasteiger partial charge in [-0.1, -0.05) is 18.2 Å². The molecule has 1 fully saturated rings. The number of methoxy groups -OCH3 is 1. The van der Waals surface area contributed by atoms with Crippen LogP contribution in [0.5, 0.6) is 5.75 Å². The number of halogens is 5. The maximum atomic E-state index is 15.7. The van der Waals surface area contributed by atoms with E-state index >= 15 is 8.78 Å². The Morgan fingerprint density at radius 2 is 1.77 bits per heavy atom. The van der Waals surface area contributed by atoms with E-state index in [0.717, 1.165) is 34.2 Å². The van der Waals surface area contributed by atoms with E-state index in [1.807, 2.05) is 11.4 Å². The summed E-state index contributed by atoms with van der Waals surface area (Å²) < 4.78 is 80.9. The summed E-state index contributed by atoms with van der Waals surface area (Å²) in [5.74, 6) is -0.444. The number of aromatic nitrogens is 3. The van der Waals surface area contributed by atoms with E-state index in [0.29, 0.717) is 54.6 Å². The monoisotopic (exact) mass is 699 g/mol. The van der Waals surface area contributed by atoms with Crippen LogP contribution in [0.2, 0.25) is 0 Å². The minimum Gasteiger partial charge on any atom is -0.494 e. The van der Waals surface area contributed by atoms with Crippen LogP contribution in [0.3, 0.4) is 0 Å². The molecule has 2 aliphatic heterocycles. The van der Waals surface area contributed by atoms with Gasteiger partial charge in [-0.3, -0.25) is 14.3 Å². The van der Waals surface area contributed by atoms with Gasteiger partial charge >= 0.3 is 6.18 Å². The van der Waals surface area contributed by atoms with Crippen LogP contribution in [0.25, 0.3) is 21.3 Å². The number of hydrogen-bond donors (Lipinski definition) is 0. The Morgan fingerprint density at radius 1 is 1.00 bits per heavy atom. The molecule has 1 saturated heterocycles. The Balaban J connectivity index is 1.26. The molecule has 0 N–H and O–H groups in total. The number of rotatable bonds is 7. The number of fused-ring (bicyclic) bond motifs is 2. The molecule has 7 nitrogen and oxygen atoms in total. The summed E-state index contributed by atoms with van der Waals surface area (Å²) in [4.78, 5) is 27.7. The van der Waals surface area contributed by atoms with E-state index < -0.39 is 40.9 Å². The van der Waals surface area contributed by atoms with Gasteiger partial charge in [-0.15, -0.1) is 23.1 Å². The van der Waals surface area contributed by atoms with Crippen LogP contribution in [0.15, 0.2) is 64.0 Å². The zero-order valence-corrected chi connectivity index (χ0v) is 27.6. The lowest BCUT2D eigenvalue weighted by Crippen LogP contribution is -2.48. The number of benzene rings is 2. The Morgan fingerprint density at radius 3 is 2.52 bits per heavy atom. The van der Waals surface area contributed by atoms with Crippen LogP contribution >= 0.6 is 23.1 Å². The topological polar surface area (TPSA) is 63.5 Å². The molecule has 5 heterocycles.